The molecule has 2 atom stereocenters. The first-order valence-electron chi connectivity index (χ1n) is 10.6. The number of halogens is 1. The molecular weight excluding hydrogens is 370 g/mol. The largest absolute Gasteiger partial charge is 0.333 e. The minimum absolute atomic E-state index is 0.0564. The average molecular weight is 402 g/mol. The second-order valence-electron chi connectivity index (χ2n) is 9.12. The molecule has 1 N–H and O–H groups in total. The second kappa shape index (κ2) is 8.17. The molecule has 152 valence electrons. The SMILES string of the molecule is CC1(C)C2CC=C(CN(CCN3CCNCC3)C(=O)c3ccccc3Cl)C1C2. The molecule has 0 aromatic heterocycles. The number of carbonyl (C=O) groups is 1. The fourth-order valence-corrected chi connectivity index (χ4v) is 5.35. The Morgan fingerprint density at radius 1 is 1.29 bits per heavy atom. The molecular formula is C23H32ClN3O. The number of nitrogens with one attached hydrogen (secondary N) is 1. The molecule has 2 bridgehead atoms. The quantitative estimate of drug-likeness (QED) is 0.738. The molecule has 0 spiro atoms. The van der Waals surface area contributed by atoms with E-state index in [4.69, 9.17) is 11.6 Å². The van der Waals surface area contributed by atoms with Crippen LogP contribution in [0.5, 0.6) is 0 Å². The van der Waals surface area contributed by atoms with Crippen LogP contribution < -0.4 is 5.32 Å². The predicted molar refractivity (Wildman–Crippen MR) is 115 cm³/mol. The zero-order valence-electron chi connectivity index (χ0n) is 17.1. The molecule has 2 fully saturated rings. The molecule has 1 heterocycles. The van der Waals surface area contributed by atoms with E-state index in [2.05, 4.69) is 30.1 Å². The Kier molecular flexibility index (Phi) is 5.82. The maximum Gasteiger partial charge on any atom is 0.255 e. The minimum Gasteiger partial charge on any atom is -0.333 e. The summed E-state index contributed by atoms with van der Waals surface area (Å²) in [5, 5.41) is 3.94. The highest BCUT2D eigenvalue weighted by atomic mass is 35.5. The third kappa shape index (κ3) is 3.87. The van der Waals surface area contributed by atoms with Gasteiger partial charge in [0.05, 0.1) is 10.6 Å². The maximum absolute atomic E-state index is 13.4. The van der Waals surface area contributed by atoms with Crippen molar-refractivity contribution in [2.45, 2.75) is 26.7 Å². The molecule has 1 saturated heterocycles. The van der Waals surface area contributed by atoms with E-state index >= 15 is 0 Å². The molecule has 1 amide bonds. The Morgan fingerprint density at radius 3 is 2.71 bits per heavy atom. The third-order valence-electron chi connectivity index (χ3n) is 7.24. The Labute approximate surface area is 173 Å². The van der Waals surface area contributed by atoms with Crippen LogP contribution in [-0.4, -0.2) is 61.5 Å². The van der Waals surface area contributed by atoms with Crippen molar-refractivity contribution in [2.24, 2.45) is 17.3 Å². The number of rotatable bonds is 6. The van der Waals surface area contributed by atoms with Gasteiger partial charge in [0.25, 0.3) is 5.91 Å². The van der Waals surface area contributed by atoms with E-state index in [0.29, 0.717) is 21.9 Å². The molecule has 1 aromatic rings. The number of nitrogens with zero attached hydrogens (tertiary/aromatic N) is 2. The molecule has 5 heteroatoms. The monoisotopic (exact) mass is 401 g/mol. The molecule has 3 aliphatic carbocycles. The lowest BCUT2D eigenvalue weighted by molar-refractivity contribution is -0.0105. The van der Waals surface area contributed by atoms with Gasteiger partial charge < -0.3 is 10.2 Å². The van der Waals surface area contributed by atoms with Gasteiger partial charge in [-0.05, 0) is 42.2 Å². The summed E-state index contributed by atoms with van der Waals surface area (Å²) < 4.78 is 0. The Hall–Kier alpha value is -1.36. The van der Waals surface area contributed by atoms with Crippen LogP contribution in [0.2, 0.25) is 5.02 Å². The highest BCUT2D eigenvalue weighted by Crippen LogP contribution is 2.59. The first kappa shape index (κ1) is 19.9. The van der Waals surface area contributed by atoms with Crippen LogP contribution in [0, 0.1) is 17.3 Å². The van der Waals surface area contributed by atoms with Gasteiger partial charge >= 0.3 is 0 Å². The molecule has 5 rings (SSSR count). The highest BCUT2D eigenvalue weighted by molar-refractivity contribution is 6.33. The number of benzene rings is 1. The van der Waals surface area contributed by atoms with Crippen LogP contribution in [-0.2, 0) is 0 Å². The van der Waals surface area contributed by atoms with Gasteiger partial charge in [0, 0.05) is 45.8 Å². The summed E-state index contributed by atoms with van der Waals surface area (Å²) in [6, 6.07) is 7.43. The van der Waals surface area contributed by atoms with Gasteiger partial charge in [-0.1, -0.05) is 49.2 Å². The summed E-state index contributed by atoms with van der Waals surface area (Å²) in [6.07, 6.45) is 4.84. The van der Waals surface area contributed by atoms with E-state index in [1.807, 2.05) is 29.2 Å². The second-order valence-corrected chi connectivity index (χ2v) is 9.53. The number of carbonyl (C=O) groups excluding carboxylic acids is 1. The molecule has 2 unspecified atom stereocenters. The molecule has 28 heavy (non-hydrogen) atoms. The highest BCUT2D eigenvalue weighted by Gasteiger charge is 2.51. The Balaban J connectivity index is 1.50. The van der Waals surface area contributed by atoms with Crippen LogP contribution >= 0.6 is 11.6 Å². The van der Waals surface area contributed by atoms with Crippen molar-refractivity contribution in [1.82, 2.24) is 15.1 Å². The van der Waals surface area contributed by atoms with Gasteiger partial charge in [-0.3, -0.25) is 9.69 Å². The lowest BCUT2D eigenvalue weighted by Crippen LogP contribution is -2.51. The van der Waals surface area contributed by atoms with E-state index in [-0.39, 0.29) is 5.91 Å². The van der Waals surface area contributed by atoms with E-state index in [9.17, 15) is 4.79 Å². The lowest BCUT2D eigenvalue weighted by Gasteiger charge is -2.57. The van der Waals surface area contributed by atoms with Crippen molar-refractivity contribution < 1.29 is 4.79 Å². The summed E-state index contributed by atoms with van der Waals surface area (Å²) >= 11 is 6.36. The van der Waals surface area contributed by atoms with E-state index in [1.165, 1.54) is 12.0 Å². The van der Waals surface area contributed by atoms with Gasteiger partial charge in [-0.25, -0.2) is 0 Å². The van der Waals surface area contributed by atoms with Gasteiger partial charge in [0.15, 0.2) is 0 Å². The Bertz CT molecular complexity index is 754. The summed E-state index contributed by atoms with van der Waals surface area (Å²) in [6.45, 7) is 11.3. The van der Waals surface area contributed by atoms with Gasteiger partial charge in [-0.2, -0.15) is 0 Å². The maximum atomic E-state index is 13.4. The molecule has 4 nitrogen and oxygen atoms in total. The average Bonchev–Trinajstić information content (AvgIpc) is 2.71. The number of hydrogen-bond donors (Lipinski definition) is 1. The molecule has 4 aliphatic rings. The van der Waals surface area contributed by atoms with Crippen LogP contribution in [0.3, 0.4) is 0 Å². The smallest absolute Gasteiger partial charge is 0.255 e. The molecule has 0 radical (unpaired) electrons. The van der Waals surface area contributed by atoms with Crippen molar-refractivity contribution in [2.75, 3.05) is 45.8 Å². The van der Waals surface area contributed by atoms with Crippen molar-refractivity contribution in [3.05, 3.63) is 46.5 Å². The first-order valence-corrected chi connectivity index (χ1v) is 11.0. The van der Waals surface area contributed by atoms with Crippen LogP contribution in [0.1, 0.15) is 37.0 Å². The fraction of sp³-hybridized carbons (Fsp3) is 0.609. The van der Waals surface area contributed by atoms with Gasteiger partial charge in [0.2, 0.25) is 0 Å². The Morgan fingerprint density at radius 2 is 2.04 bits per heavy atom. The number of hydrogen-bond acceptors (Lipinski definition) is 3. The number of amides is 1. The summed E-state index contributed by atoms with van der Waals surface area (Å²) in [4.78, 5) is 17.9. The molecule has 1 saturated carbocycles. The number of allylic oxidation sites excluding steroid dienone is 1. The summed E-state index contributed by atoms with van der Waals surface area (Å²) in [5.41, 5.74) is 2.45. The van der Waals surface area contributed by atoms with E-state index in [1.54, 1.807) is 0 Å². The van der Waals surface area contributed by atoms with Gasteiger partial charge in [0.1, 0.15) is 0 Å². The zero-order chi connectivity index (χ0) is 19.7. The fourth-order valence-electron chi connectivity index (χ4n) is 5.13. The van der Waals surface area contributed by atoms with Crippen LogP contribution in [0.15, 0.2) is 35.9 Å². The van der Waals surface area contributed by atoms with Crippen LogP contribution in [0.4, 0.5) is 0 Å². The van der Waals surface area contributed by atoms with E-state index < -0.39 is 0 Å². The lowest BCUT2D eigenvalue weighted by atomic mass is 9.49. The van der Waals surface area contributed by atoms with Crippen LogP contribution in [0.25, 0.3) is 0 Å². The minimum atomic E-state index is 0.0564. The number of fused-ring (bicyclic) bond motifs is 1. The zero-order valence-corrected chi connectivity index (χ0v) is 17.8. The van der Waals surface area contributed by atoms with Crippen molar-refractivity contribution >= 4 is 17.5 Å². The summed E-state index contributed by atoms with van der Waals surface area (Å²) in [5.74, 6) is 1.49. The first-order chi connectivity index (χ1) is 13.5. The predicted octanol–water partition coefficient (Wildman–Crippen LogP) is 3.68. The van der Waals surface area contributed by atoms with Crippen molar-refractivity contribution in [3.8, 4) is 0 Å². The van der Waals surface area contributed by atoms with Gasteiger partial charge in [-0.15, -0.1) is 0 Å². The van der Waals surface area contributed by atoms with Crippen molar-refractivity contribution in [3.63, 3.8) is 0 Å². The molecule has 1 aliphatic heterocycles. The standard InChI is InChI=1S/C23H32ClN3O/c1-23(2)18-8-7-17(20(23)15-18)16-27(14-13-26-11-9-25-10-12-26)22(28)19-5-3-4-6-21(19)24/h3-7,18,20,25H,8-16H2,1-2H3. The third-order valence-corrected chi connectivity index (χ3v) is 7.57. The topological polar surface area (TPSA) is 35.6 Å². The van der Waals surface area contributed by atoms with Crippen molar-refractivity contribution in [1.29, 1.82) is 0 Å². The number of piperazine rings is 1. The van der Waals surface area contributed by atoms with E-state index in [0.717, 1.165) is 58.2 Å². The summed E-state index contributed by atoms with van der Waals surface area (Å²) in [7, 11) is 0. The molecule has 1 aromatic carbocycles. The normalized spacial score (nSPS) is 26.3.